The van der Waals surface area contributed by atoms with Crippen LogP contribution in [0.1, 0.15) is 175 Å². The first kappa shape index (κ1) is 45.8. The number of hydrogen-bond acceptors (Lipinski definition) is 4. The Hall–Kier alpha value is -1.20. The summed E-state index contributed by atoms with van der Waals surface area (Å²) in [6, 6.07) is 0. The lowest BCUT2D eigenvalue weighted by Crippen LogP contribution is -2.49. The smallest absolute Gasteiger partial charge is 0.0934 e. The summed E-state index contributed by atoms with van der Waals surface area (Å²) in [5.74, 6) is 0. The van der Waals surface area contributed by atoms with E-state index < -0.39 is 0 Å². The molecule has 0 aromatic carbocycles. The van der Waals surface area contributed by atoms with E-state index in [9.17, 15) is 0 Å². The van der Waals surface area contributed by atoms with Crippen LogP contribution in [0, 0.1) is 0 Å². The molecule has 1 rings (SSSR count). The van der Waals surface area contributed by atoms with E-state index in [1.54, 1.807) is 0 Å². The molecule has 286 valence electrons. The number of piperazine rings is 1. The number of hydrogen-bond donors (Lipinski definition) is 0. The van der Waals surface area contributed by atoms with E-state index in [4.69, 9.17) is 9.47 Å². The van der Waals surface area contributed by atoms with Crippen molar-refractivity contribution in [1.82, 2.24) is 9.80 Å². The average Bonchev–Trinajstić information content (AvgIpc) is 3.12. The number of allylic oxidation sites excluding steroid dienone is 8. The van der Waals surface area contributed by atoms with Crippen molar-refractivity contribution >= 4 is 0 Å². The molecule has 0 aliphatic carbocycles. The van der Waals surface area contributed by atoms with Crippen LogP contribution in [-0.2, 0) is 9.47 Å². The van der Waals surface area contributed by atoms with Gasteiger partial charge in [0.05, 0.1) is 12.7 Å². The van der Waals surface area contributed by atoms with Gasteiger partial charge >= 0.3 is 0 Å². The Bertz CT molecular complexity index is 768. The van der Waals surface area contributed by atoms with E-state index in [0.717, 1.165) is 52.3 Å². The highest BCUT2D eigenvalue weighted by Gasteiger charge is 2.20. The molecule has 0 bridgehead atoms. The van der Waals surface area contributed by atoms with E-state index in [0.29, 0.717) is 0 Å². The van der Waals surface area contributed by atoms with Crippen LogP contribution in [0.25, 0.3) is 0 Å². The van der Waals surface area contributed by atoms with E-state index >= 15 is 0 Å². The van der Waals surface area contributed by atoms with Crippen LogP contribution in [-0.4, -0.2) is 75.0 Å². The molecule has 0 N–H and O–H groups in total. The molecule has 49 heavy (non-hydrogen) atoms. The molecule has 0 aromatic heterocycles. The number of rotatable bonds is 36. The second-order valence-electron chi connectivity index (χ2n) is 14.5. The molecule has 1 fully saturated rings. The lowest BCUT2D eigenvalue weighted by Gasteiger charge is -2.35. The van der Waals surface area contributed by atoms with Gasteiger partial charge in [-0.25, -0.2) is 0 Å². The summed E-state index contributed by atoms with van der Waals surface area (Å²) in [4.78, 5) is 5.15. The molecule has 1 aliphatic heterocycles. The lowest BCUT2D eigenvalue weighted by molar-refractivity contribution is -0.0395. The molecule has 1 atom stereocenters. The van der Waals surface area contributed by atoms with Gasteiger partial charge in [0.15, 0.2) is 0 Å². The van der Waals surface area contributed by atoms with Crippen LogP contribution in [0.15, 0.2) is 48.6 Å². The van der Waals surface area contributed by atoms with Crippen LogP contribution >= 0.6 is 0 Å². The number of unbranched alkanes of at least 4 members (excludes halogenated alkanes) is 18. The van der Waals surface area contributed by atoms with Gasteiger partial charge in [0.25, 0.3) is 0 Å². The van der Waals surface area contributed by atoms with Crippen molar-refractivity contribution in [3.8, 4) is 0 Å². The Kier molecular flexibility index (Phi) is 35.6. The predicted molar refractivity (Wildman–Crippen MR) is 218 cm³/mol. The second kappa shape index (κ2) is 38.0. The topological polar surface area (TPSA) is 24.9 Å². The summed E-state index contributed by atoms with van der Waals surface area (Å²) in [7, 11) is 0. The van der Waals surface area contributed by atoms with Gasteiger partial charge < -0.3 is 14.4 Å². The van der Waals surface area contributed by atoms with Crippen molar-refractivity contribution in [2.75, 3.05) is 59.1 Å². The molecule has 1 unspecified atom stereocenters. The van der Waals surface area contributed by atoms with Crippen molar-refractivity contribution in [1.29, 1.82) is 0 Å². The van der Waals surface area contributed by atoms with Gasteiger partial charge in [0.1, 0.15) is 0 Å². The monoisotopic (exact) mass is 685 g/mol. The molecule has 4 heteroatoms. The summed E-state index contributed by atoms with van der Waals surface area (Å²) in [5, 5.41) is 0. The molecular formula is C45H84N2O2. The highest BCUT2D eigenvalue weighted by molar-refractivity contribution is 4.93. The third-order valence-corrected chi connectivity index (χ3v) is 9.87. The lowest BCUT2D eigenvalue weighted by atomic mass is 10.1. The number of nitrogens with zero attached hydrogens (tertiary/aromatic N) is 2. The number of likely N-dealkylation sites (N-methyl/N-ethyl adjacent to an activating group) is 1. The maximum atomic E-state index is 6.45. The zero-order valence-electron chi connectivity index (χ0n) is 33.2. The quantitative estimate of drug-likeness (QED) is 0.0484. The van der Waals surface area contributed by atoms with Crippen LogP contribution in [0.4, 0.5) is 0 Å². The Morgan fingerprint density at radius 3 is 1.33 bits per heavy atom. The Morgan fingerprint density at radius 1 is 0.449 bits per heavy atom. The molecular weight excluding hydrogens is 601 g/mol. The fourth-order valence-electron chi connectivity index (χ4n) is 6.48. The summed E-state index contributed by atoms with van der Waals surface area (Å²) in [5.41, 5.74) is 0. The van der Waals surface area contributed by atoms with E-state index in [2.05, 4.69) is 79.2 Å². The summed E-state index contributed by atoms with van der Waals surface area (Å²) in [6.07, 6.45) is 49.9. The normalized spacial score (nSPS) is 15.7. The van der Waals surface area contributed by atoms with E-state index in [1.807, 2.05) is 0 Å². The SMILES string of the molecule is CCCCC/C=C\C/C=C\CCCCCCCCOCC(CN1CCN(CC)CC1)OCCCCCCCC/C=C\C/C=C\CCCCC. The van der Waals surface area contributed by atoms with Gasteiger partial charge in [0.2, 0.25) is 0 Å². The van der Waals surface area contributed by atoms with E-state index in [1.165, 1.54) is 161 Å². The zero-order valence-corrected chi connectivity index (χ0v) is 33.2. The standard InChI is InChI=1S/C45H84N2O2/c1-4-7-9-11-13-15-17-19-21-23-25-27-29-31-33-35-41-48-44-45(43-47-39-37-46(6-3)38-40-47)49-42-36-34-32-30-28-26-24-22-20-18-16-14-12-10-8-5-2/h13-16,19-22,45H,4-12,17-18,23-44H2,1-3H3/b15-13-,16-14-,21-19-,22-20-. The minimum Gasteiger partial charge on any atom is -0.379 e. The van der Waals surface area contributed by atoms with Crippen LogP contribution in [0.2, 0.25) is 0 Å². The second-order valence-corrected chi connectivity index (χ2v) is 14.5. The first-order valence-corrected chi connectivity index (χ1v) is 21.5. The predicted octanol–water partition coefficient (Wildman–Crippen LogP) is 12.7. The van der Waals surface area contributed by atoms with Gasteiger partial charge in [-0.3, -0.25) is 4.90 Å². The van der Waals surface area contributed by atoms with E-state index in [-0.39, 0.29) is 6.10 Å². The molecule has 1 aliphatic rings. The Balaban J connectivity index is 2.08. The van der Waals surface area contributed by atoms with Crippen molar-refractivity contribution in [3.05, 3.63) is 48.6 Å². The minimum atomic E-state index is 0.204. The maximum Gasteiger partial charge on any atom is 0.0934 e. The fourth-order valence-corrected chi connectivity index (χ4v) is 6.48. The summed E-state index contributed by atoms with van der Waals surface area (Å²) < 4.78 is 12.6. The molecule has 0 amide bonds. The molecule has 0 radical (unpaired) electrons. The minimum absolute atomic E-state index is 0.204. The van der Waals surface area contributed by atoms with Gasteiger partial charge in [-0.1, -0.05) is 146 Å². The molecule has 1 heterocycles. The van der Waals surface area contributed by atoms with Gasteiger partial charge in [-0.15, -0.1) is 0 Å². The van der Waals surface area contributed by atoms with Gasteiger partial charge in [-0.05, 0) is 83.6 Å². The summed E-state index contributed by atoms with van der Waals surface area (Å²) in [6.45, 7) is 16.2. The average molecular weight is 685 g/mol. The van der Waals surface area contributed by atoms with Crippen LogP contribution in [0.3, 0.4) is 0 Å². The highest BCUT2D eigenvalue weighted by Crippen LogP contribution is 2.12. The summed E-state index contributed by atoms with van der Waals surface area (Å²) >= 11 is 0. The highest BCUT2D eigenvalue weighted by atomic mass is 16.5. The van der Waals surface area contributed by atoms with Crippen molar-refractivity contribution < 1.29 is 9.47 Å². The first-order chi connectivity index (χ1) is 24.3. The fraction of sp³-hybridized carbons (Fsp3) is 0.822. The third-order valence-electron chi connectivity index (χ3n) is 9.87. The zero-order chi connectivity index (χ0) is 35.1. The molecule has 0 aromatic rings. The third kappa shape index (κ3) is 32.5. The van der Waals surface area contributed by atoms with Crippen LogP contribution < -0.4 is 0 Å². The Labute approximate surface area is 307 Å². The van der Waals surface area contributed by atoms with Crippen molar-refractivity contribution in [3.63, 3.8) is 0 Å². The molecule has 1 saturated heterocycles. The van der Waals surface area contributed by atoms with Gasteiger partial charge in [-0.2, -0.15) is 0 Å². The van der Waals surface area contributed by atoms with Crippen LogP contribution in [0.5, 0.6) is 0 Å². The molecule has 0 saturated carbocycles. The maximum absolute atomic E-state index is 6.45. The largest absolute Gasteiger partial charge is 0.379 e. The first-order valence-electron chi connectivity index (χ1n) is 21.5. The number of ether oxygens (including phenoxy) is 2. The molecule has 0 spiro atoms. The van der Waals surface area contributed by atoms with Gasteiger partial charge in [0, 0.05) is 45.9 Å². The van der Waals surface area contributed by atoms with Crippen molar-refractivity contribution in [2.24, 2.45) is 0 Å². The molecule has 4 nitrogen and oxygen atoms in total. The van der Waals surface area contributed by atoms with Crippen molar-refractivity contribution in [2.45, 2.75) is 181 Å². The Morgan fingerprint density at radius 2 is 0.857 bits per heavy atom.